The first-order chi connectivity index (χ1) is 10.1. The Balaban J connectivity index is 1.75. The van der Waals surface area contributed by atoms with Gasteiger partial charge in [-0.3, -0.25) is 4.98 Å². The zero-order chi connectivity index (χ0) is 14.8. The lowest BCUT2D eigenvalue weighted by Crippen LogP contribution is -2.13. The molecule has 108 valence electrons. The molecule has 1 N–H and O–H groups in total. The SMILES string of the molecule is Cc1nc(CNCc2ccc(Br)c3cccnc23)oc1C. The zero-order valence-electron chi connectivity index (χ0n) is 12.0. The molecule has 2 aromatic heterocycles. The maximum Gasteiger partial charge on any atom is 0.208 e. The molecular weight excluding hydrogens is 330 g/mol. The lowest BCUT2D eigenvalue weighted by molar-refractivity contribution is 0.449. The molecule has 0 aliphatic carbocycles. The van der Waals surface area contributed by atoms with Gasteiger partial charge in [0.15, 0.2) is 0 Å². The van der Waals surface area contributed by atoms with Gasteiger partial charge in [-0.05, 0) is 31.5 Å². The van der Waals surface area contributed by atoms with Crippen LogP contribution in [0.2, 0.25) is 0 Å². The summed E-state index contributed by atoms with van der Waals surface area (Å²) in [7, 11) is 0. The van der Waals surface area contributed by atoms with E-state index in [-0.39, 0.29) is 0 Å². The Morgan fingerprint density at radius 2 is 2.05 bits per heavy atom. The molecule has 0 aliphatic rings. The first kappa shape index (κ1) is 14.2. The summed E-state index contributed by atoms with van der Waals surface area (Å²) in [5, 5.41) is 4.48. The smallest absolute Gasteiger partial charge is 0.208 e. The largest absolute Gasteiger partial charge is 0.444 e. The van der Waals surface area contributed by atoms with Crippen molar-refractivity contribution >= 4 is 26.8 Å². The van der Waals surface area contributed by atoms with E-state index in [1.807, 2.05) is 26.1 Å². The number of aryl methyl sites for hydroxylation is 2. The zero-order valence-corrected chi connectivity index (χ0v) is 13.6. The number of pyridine rings is 1. The molecule has 1 aromatic carbocycles. The van der Waals surface area contributed by atoms with Gasteiger partial charge in [-0.2, -0.15) is 0 Å². The molecule has 0 saturated heterocycles. The predicted octanol–water partition coefficient (Wildman–Crippen LogP) is 3.89. The number of aromatic nitrogens is 2. The number of oxazole rings is 1. The topological polar surface area (TPSA) is 51.0 Å². The van der Waals surface area contributed by atoms with Gasteiger partial charge in [0.25, 0.3) is 0 Å². The molecule has 0 fully saturated rings. The van der Waals surface area contributed by atoms with E-state index in [2.05, 4.69) is 49.4 Å². The van der Waals surface area contributed by atoms with Crippen LogP contribution in [0.15, 0.2) is 39.4 Å². The number of fused-ring (bicyclic) bond motifs is 1. The van der Waals surface area contributed by atoms with E-state index in [9.17, 15) is 0 Å². The van der Waals surface area contributed by atoms with Crippen LogP contribution < -0.4 is 5.32 Å². The van der Waals surface area contributed by atoms with Crippen LogP contribution in [-0.2, 0) is 13.1 Å². The molecule has 0 atom stereocenters. The van der Waals surface area contributed by atoms with Gasteiger partial charge >= 0.3 is 0 Å². The Morgan fingerprint density at radius 1 is 1.19 bits per heavy atom. The second-order valence-corrected chi connectivity index (χ2v) is 5.81. The molecule has 0 saturated carbocycles. The Morgan fingerprint density at radius 3 is 2.81 bits per heavy atom. The Labute approximate surface area is 131 Å². The van der Waals surface area contributed by atoms with Gasteiger partial charge in [0.2, 0.25) is 5.89 Å². The Kier molecular flexibility index (Phi) is 4.03. The van der Waals surface area contributed by atoms with Gasteiger partial charge in [-0.1, -0.05) is 28.1 Å². The van der Waals surface area contributed by atoms with Crippen LogP contribution in [0.3, 0.4) is 0 Å². The lowest BCUT2D eigenvalue weighted by atomic mass is 10.1. The van der Waals surface area contributed by atoms with E-state index in [4.69, 9.17) is 4.42 Å². The minimum atomic E-state index is 0.610. The lowest BCUT2D eigenvalue weighted by Gasteiger charge is -2.07. The third-order valence-electron chi connectivity index (χ3n) is 3.46. The van der Waals surface area contributed by atoms with Crippen LogP contribution in [0.1, 0.15) is 22.9 Å². The number of benzene rings is 1. The van der Waals surface area contributed by atoms with Crippen LogP contribution in [-0.4, -0.2) is 9.97 Å². The summed E-state index contributed by atoms with van der Waals surface area (Å²) in [6.45, 7) is 5.22. The highest BCUT2D eigenvalue weighted by atomic mass is 79.9. The van der Waals surface area contributed by atoms with Gasteiger partial charge < -0.3 is 9.73 Å². The molecule has 0 aliphatic heterocycles. The summed E-state index contributed by atoms with van der Waals surface area (Å²) in [6.07, 6.45) is 1.82. The molecule has 3 rings (SSSR count). The quantitative estimate of drug-likeness (QED) is 0.779. The summed E-state index contributed by atoms with van der Waals surface area (Å²) in [5.41, 5.74) is 3.12. The first-order valence-corrected chi connectivity index (χ1v) is 7.60. The highest BCUT2D eigenvalue weighted by Gasteiger charge is 2.07. The highest BCUT2D eigenvalue weighted by molar-refractivity contribution is 9.10. The van der Waals surface area contributed by atoms with E-state index >= 15 is 0 Å². The second-order valence-electron chi connectivity index (χ2n) is 4.96. The first-order valence-electron chi connectivity index (χ1n) is 6.81. The van der Waals surface area contributed by atoms with Gasteiger partial charge in [0, 0.05) is 22.6 Å². The van der Waals surface area contributed by atoms with E-state index in [0.717, 1.165) is 44.8 Å². The molecule has 21 heavy (non-hydrogen) atoms. The minimum Gasteiger partial charge on any atom is -0.444 e. The monoisotopic (exact) mass is 345 g/mol. The van der Waals surface area contributed by atoms with Crippen LogP contribution in [0.25, 0.3) is 10.9 Å². The number of nitrogens with zero attached hydrogens (tertiary/aromatic N) is 2. The van der Waals surface area contributed by atoms with Crippen LogP contribution in [0.4, 0.5) is 0 Å². The van der Waals surface area contributed by atoms with Gasteiger partial charge in [-0.15, -0.1) is 0 Å². The second kappa shape index (κ2) is 5.95. The molecular formula is C16H16BrN3O. The summed E-state index contributed by atoms with van der Waals surface area (Å²) in [5.74, 6) is 1.60. The van der Waals surface area contributed by atoms with Crippen molar-refractivity contribution in [3.05, 3.63) is 57.8 Å². The third-order valence-corrected chi connectivity index (χ3v) is 4.16. The van der Waals surface area contributed by atoms with Crippen molar-refractivity contribution in [1.29, 1.82) is 0 Å². The van der Waals surface area contributed by atoms with E-state index in [1.165, 1.54) is 0 Å². The Bertz CT molecular complexity index is 763. The van der Waals surface area contributed by atoms with Crippen molar-refractivity contribution in [2.75, 3.05) is 0 Å². The summed E-state index contributed by atoms with van der Waals surface area (Å²) < 4.78 is 6.63. The molecule has 4 nitrogen and oxygen atoms in total. The minimum absolute atomic E-state index is 0.610. The van der Waals surface area contributed by atoms with Crippen LogP contribution >= 0.6 is 15.9 Å². The number of hydrogen-bond acceptors (Lipinski definition) is 4. The molecule has 5 heteroatoms. The van der Waals surface area contributed by atoms with E-state index in [1.54, 1.807) is 0 Å². The highest BCUT2D eigenvalue weighted by Crippen LogP contribution is 2.25. The van der Waals surface area contributed by atoms with Crippen molar-refractivity contribution in [3.63, 3.8) is 0 Å². The molecule has 0 bridgehead atoms. The standard InChI is InChI=1S/C16H16BrN3O/c1-10-11(2)21-15(20-10)9-18-8-12-5-6-14(17)13-4-3-7-19-16(12)13/h3-7,18H,8-9H2,1-2H3. The van der Waals surface area contributed by atoms with Crippen LogP contribution in [0, 0.1) is 13.8 Å². The van der Waals surface area contributed by atoms with Crippen molar-refractivity contribution < 1.29 is 4.42 Å². The van der Waals surface area contributed by atoms with Gasteiger partial charge in [-0.25, -0.2) is 4.98 Å². The third kappa shape index (κ3) is 2.99. The molecule has 0 unspecified atom stereocenters. The summed E-state index contributed by atoms with van der Waals surface area (Å²) >= 11 is 3.56. The van der Waals surface area contributed by atoms with Crippen molar-refractivity contribution in [2.45, 2.75) is 26.9 Å². The molecule has 2 heterocycles. The van der Waals surface area contributed by atoms with Gasteiger partial charge in [0.05, 0.1) is 17.8 Å². The fourth-order valence-electron chi connectivity index (χ4n) is 2.26. The number of hydrogen-bond donors (Lipinski definition) is 1. The van der Waals surface area contributed by atoms with Crippen LogP contribution in [0.5, 0.6) is 0 Å². The number of rotatable bonds is 4. The average molecular weight is 346 g/mol. The maximum absolute atomic E-state index is 5.56. The Hall–Kier alpha value is -1.72. The van der Waals surface area contributed by atoms with E-state index < -0.39 is 0 Å². The molecule has 0 spiro atoms. The van der Waals surface area contributed by atoms with Crippen molar-refractivity contribution in [3.8, 4) is 0 Å². The molecule has 0 radical (unpaired) electrons. The molecule has 0 amide bonds. The molecule has 3 aromatic rings. The fourth-order valence-corrected chi connectivity index (χ4v) is 2.71. The fraction of sp³-hybridized carbons (Fsp3) is 0.250. The van der Waals surface area contributed by atoms with Crippen molar-refractivity contribution in [2.24, 2.45) is 0 Å². The summed E-state index contributed by atoms with van der Waals surface area (Å²) in [6, 6.07) is 8.15. The predicted molar refractivity (Wildman–Crippen MR) is 86.0 cm³/mol. The van der Waals surface area contributed by atoms with Crippen molar-refractivity contribution in [1.82, 2.24) is 15.3 Å². The summed E-state index contributed by atoms with van der Waals surface area (Å²) in [4.78, 5) is 8.84. The number of halogens is 1. The normalized spacial score (nSPS) is 11.2. The van der Waals surface area contributed by atoms with E-state index in [0.29, 0.717) is 6.54 Å². The average Bonchev–Trinajstić information content (AvgIpc) is 2.80. The number of nitrogens with one attached hydrogen (secondary N) is 1. The maximum atomic E-state index is 5.56. The van der Waals surface area contributed by atoms with Gasteiger partial charge in [0.1, 0.15) is 5.76 Å².